The summed E-state index contributed by atoms with van der Waals surface area (Å²) in [6, 6.07) is 15.4. The van der Waals surface area contributed by atoms with Crippen molar-refractivity contribution in [2.24, 2.45) is 0 Å². The molecule has 1 unspecified atom stereocenters. The van der Waals surface area contributed by atoms with Crippen LogP contribution < -0.4 is 10.6 Å². The number of thiocarbonyl (C=S) groups is 1. The average Bonchev–Trinajstić information content (AvgIpc) is 2.54. The van der Waals surface area contributed by atoms with Crippen molar-refractivity contribution >= 4 is 23.1 Å². The van der Waals surface area contributed by atoms with Gasteiger partial charge in [0.05, 0.1) is 6.04 Å². The third-order valence-corrected chi connectivity index (χ3v) is 4.51. The van der Waals surface area contributed by atoms with E-state index in [1.165, 1.54) is 5.56 Å². The zero-order valence-corrected chi connectivity index (χ0v) is 14.8. The highest BCUT2D eigenvalue weighted by Crippen LogP contribution is 2.31. The summed E-state index contributed by atoms with van der Waals surface area (Å²) >= 11 is 5.32. The van der Waals surface area contributed by atoms with E-state index in [1.54, 1.807) is 0 Å². The Kier molecular flexibility index (Phi) is 4.49. The largest absolute Gasteiger partial charge is 0.351 e. The van der Waals surface area contributed by atoms with Crippen LogP contribution in [0.3, 0.4) is 0 Å². The minimum absolute atomic E-state index is 0.0144. The van der Waals surface area contributed by atoms with Gasteiger partial charge >= 0.3 is 0 Å². The van der Waals surface area contributed by atoms with E-state index >= 15 is 0 Å². The highest BCUT2D eigenvalue weighted by atomic mass is 32.1. The molecule has 4 heteroatoms. The first-order valence-corrected chi connectivity index (χ1v) is 8.33. The molecule has 2 aromatic rings. The minimum atomic E-state index is -0.243. The Morgan fingerprint density at radius 2 is 1.75 bits per heavy atom. The number of Topliss-reactive ketones (excluding diaryl/α,β-unsaturated/α-hetero) is 1. The number of hydrogen-bond acceptors (Lipinski definition) is 2. The van der Waals surface area contributed by atoms with Crippen molar-refractivity contribution in [3.05, 3.63) is 82.1 Å². The molecule has 0 saturated heterocycles. The zero-order valence-electron chi connectivity index (χ0n) is 14.0. The third-order valence-electron chi connectivity index (χ3n) is 4.29. The van der Waals surface area contributed by atoms with Gasteiger partial charge in [0.2, 0.25) is 0 Å². The SMILES string of the molecule is CC1=C(C(=O)c2ccccc2)C(c2ccc(C)cc2C)NC(=S)N1. The standard InChI is InChI=1S/C20H20N2OS/c1-12-9-10-16(13(2)11-12)18-17(14(3)21-20(24)22-18)19(23)15-7-5-4-6-8-15/h4-11,18H,1-3H3,(H2,21,22,24). The molecule has 1 heterocycles. The second-order valence-electron chi connectivity index (χ2n) is 6.13. The number of carbonyl (C=O) groups is 1. The van der Waals surface area contributed by atoms with Gasteiger partial charge in [-0.15, -0.1) is 0 Å². The molecule has 0 radical (unpaired) electrons. The number of ketones is 1. The lowest BCUT2D eigenvalue weighted by molar-refractivity contribution is 0.102. The van der Waals surface area contributed by atoms with Crippen molar-refractivity contribution in [2.45, 2.75) is 26.8 Å². The molecule has 0 aromatic heterocycles. The number of carbonyl (C=O) groups excluding carboxylic acids is 1. The predicted octanol–water partition coefficient (Wildman–Crippen LogP) is 3.98. The summed E-state index contributed by atoms with van der Waals surface area (Å²) in [5.74, 6) is 0.0144. The molecule has 1 aliphatic rings. The fourth-order valence-electron chi connectivity index (χ4n) is 3.12. The summed E-state index contributed by atoms with van der Waals surface area (Å²) in [7, 11) is 0. The summed E-state index contributed by atoms with van der Waals surface area (Å²) < 4.78 is 0. The van der Waals surface area contributed by atoms with Crippen LogP contribution in [0.15, 0.2) is 59.8 Å². The maximum Gasteiger partial charge on any atom is 0.193 e. The summed E-state index contributed by atoms with van der Waals surface area (Å²) in [4.78, 5) is 13.1. The highest BCUT2D eigenvalue weighted by molar-refractivity contribution is 7.80. The quantitative estimate of drug-likeness (QED) is 0.657. The van der Waals surface area contributed by atoms with Crippen molar-refractivity contribution in [1.29, 1.82) is 0 Å². The van der Waals surface area contributed by atoms with Crippen molar-refractivity contribution in [3.63, 3.8) is 0 Å². The van der Waals surface area contributed by atoms with E-state index in [1.807, 2.05) is 37.3 Å². The fraction of sp³-hybridized carbons (Fsp3) is 0.200. The Hall–Kier alpha value is -2.46. The molecule has 0 spiro atoms. The van der Waals surface area contributed by atoms with E-state index in [-0.39, 0.29) is 11.8 Å². The van der Waals surface area contributed by atoms with Gasteiger partial charge in [-0.25, -0.2) is 0 Å². The number of nitrogens with one attached hydrogen (secondary N) is 2. The fourth-order valence-corrected chi connectivity index (χ4v) is 3.39. The molecule has 0 saturated carbocycles. The van der Waals surface area contributed by atoms with Gasteiger partial charge in [0.25, 0.3) is 0 Å². The Morgan fingerprint density at radius 1 is 1.04 bits per heavy atom. The Balaban J connectivity index is 2.10. The van der Waals surface area contributed by atoms with E-state index in [2.05, 4.69) is 42.7 Å². The van der Waals surface area contributed by atoms with E-state index in [0.717, 1.165) is 16.8 Å². The van der Waals surface area contributed by atoms with Gasteiger partial charge in [-0.1, -0.05) is 54.1 Å². The lowest BCUT2D eigenvalue weighted by atomic mass is 9.87. The summed E-state index contributed by atoms with van der Waals surface area (Å²) in [5.41, 5.74) is 5.60. The molecule has 24 heavy (non-hydrogen) atoms. The second kappa shape index (κ2) is 6.57. The monoisotopic (exact) mass is 336 g/mol. The molecule has 0 fully saturated rings. The predicted molar refractivity (Wildman–Crippen MR) is 101 cm³/mol. The molecular weight excluding hydrogens is 316 g/mol. The smallest absolute Gasteiger partial charge is 0.193 e. The van der Waals surface area contributed by atoms with Gasteiger partial charge in [-0.05, 0) is 44.1 Å². The van der Waals surface area contributed by atoms with E-state index in [9.17, 15) is 4.79 Å². The Labute approximate surface area is 147 Å². The number of aryl methyl sites for hydroxylation is 2. The van der Waals surface area contributed by atoms with Crippen molar-refractivity contribution in [3.8, 4) is 0 Å². The number of rotatable bonds is 3. The van der Waals surface area contributed by atoms with Crippen molar-refractivity contribution in [2.75, 3.05) is 0 Å². The molecule has 122 valence electrons. The summed E-state index contributed by atoms with van der Waals surface area (Å²) in [6.07, 6.45) is 0. The van der Waals surface area contributed by atoms with Crippen LogP contribution in [-0.4, -0.2) is 10.9 Å². The maximum absolute atomic E-state index is 13.1. The molecule has 2 N–H and O–H groups in total. The maximum atomic E-state index is 13.1. The number of hydrogen-bond donors (Lipinski definition) is 2. The van der Waals surface area contributed by atoms with Crippen LogP contribution in [0, 0.1) is 13.8 Å². The van der Waals surface area contributed by atoms with Crippen molar-refractivity contribution < 1.29 is 4.79 Å². The van der Waals surface area contributed by atoms with Gasteiger partial charge < -0.3 is 10.6 Å². The molecule has 0 amide bonds. The van der Waals surface area contributed by atoms with Crippen LogP contribution in [0.5, 0.6) is 0 Å². The van der Waals surface area contributed by atoms with Gasteiger partial charge in [0, 0.05) is 16.8 Å². The van der Waals surface area contributed by atoms with Crippen LogP contribution in [0.1, 0.15) is 40.0 Å². The topological polar surface area (TPSA) is 41.1 Å². The van der Waals surface area contributed by atoms with Gasteiger partial charge in [-0.2, -0.15) is 0 Å². The van der Waals surface area contributed by atoms with Crippen LogP contribution in [0.25, 0.3) is 0 Å². The van der Waals surface area contributed by atoms with Crippen LogP contribution in [-0.2, 0) is 0 Å². The highest BCUT2D eigenvalue weighted by Gasteiger charge is 2.31. The minimum Gasteiger partial charge on any atom is -0.351 e. The van der Waals surface area contributed by atoms with Gasteiger partial charge in [0.1, 0.15) is 0 Å². The molecule has 1 aliphatic heterocycles. The van der Waals surface area contributed by atoms with Crippen LogP contribution in [0.2, 0.25) is 0 Å². The van der Waals surface area contributed by atoms with Crippen LogP contribution >= 0.6 is 12.2 Å². The summed E-state index contributed by atoms with van der Waals surface area (Å²) in [5, 5.41) is 6.90. The summed E-state index contributed by atoms with van der Waals surface area (Å²) in [6.45, 7) is 6.03. The molecule has 3 rings (SSSR count). The second-order valence-corrected chi connectivity index (χ2v) is 6.53. The van der Waals surface area contributed by atoms with Crippen LogP contribution in [0.4, 0.5) is 0 Å². The van der Waals surface area contributed by atoms with E-state index < -0.39 is 0 Å². The lowest BCUT2D eigenvalue weighted by Crippen LogP contribution is -2.45. The van der Waals surface area contributed by atoms with E-state index in [0.29, 0.717) is 16.2 Å². The molecule has 3 nitrogen and oxygen atoms in total. The first-order valence-electron chi connectivity index (χ1n) is 7.92. The third kappa shape index (κ3) is 3.10. The number of benzene rings is 2. The molecule has 1 atom stereocenters. The molecular formula is C20H20N2OS. The van der Waals surface area contributed by atoms with Crippen molar-refractivity contribution in [1.82, 2.24) is 10.6 Å². The Bertz CT molecular complexity index is 840. The molecule has 2 aromatic carbocycles. The zero-order chi connectivity index (χ0) is 17.3. The lowest BCUT2D eigenvalue weighted by Gasteiger charge is -2.31. The molecule has 0 bridgehead atoms. The average molecular weight is 336 g/mol. The first-order chi connectivity index (χ1) is 11.5. The molecule has 0 aliphatic carbocycles. The normalized spacial score (nSPS) is 17.3. The van der Waals surface area contributed by atoms with Gasteiger partial charge in [-0.3, -0.25) is 4.79 Å². The first kappa shape index (κ1) is 16.4. The van der Waals surface area contributed by atoms with E-state index in [4.69, 9.17) is 12.2 Å². The Morgan fingerprint density at radius 3 is 2.42 bits per heavy atom. The van der Waals surface area contributed by atoms with Gasteiger partial charge in [0.15, 0.2) is 10.9 Å². The number of allylic oxidation sites excluding steroid dienone is 1.